The van der Waals surface area contributed by atoms with Crippen LogP contribution in [-0.4, -0.2) is 18.7 Å². The number of hydrogen-bond donors (Lipinski definition) is 1. The maximum atomic E-state index is 5.86. The fourth-order valence-corrected chi connectivity index (χ4v) is 1.57. The average Bonchev–Trinajstić information content (AvgIpc) is 3.02. The van der Waals surface area contributed by atoms with Crippen LogP contribution < -0.4 is 10.1 Å². The lowest BCUT2D eigenvalue weighted by molar-refractivity contribution is 0.215. The van der Waals surface area contributed by atoms with Crippen molar-refractivity contribution in [3.8, 4) is 5.75 Å². The van der Waals surface area contributed by atoms with Crippen LogP contribution in [0.3, 0.4) is 0 Å². The van der Waals surface area contributed by atoms with Crippen LogP contribution in [0.4, 0.5) is 0 Å². The van der Waals surface area contributed by atoms with Crippen LogP contribution in [0.5, 0.6) is 5.75 Å². The van der Waals surface area contributed by atoms with Gasteiger partial charge in [-0.1, -0.05) is 18.2 Å². The Morgan fingerprint density at radius 2 is 2.13 bits per heavy atom. The molecule has 1 aliphatic rings. The highest BCUT2D eigenvalue weighted by Gasteiger charge is 2.21. The fourth-order valence-electron chi connectivity index (χ4n) is 1.57. The van der Waals surface area contributed by atoms with E-state index in [9.17, 15) is 0 Å². The van der Waals surface area contributed by atoms with E-state index in [1.807, 2.05) is 18.2 Å². The number of hydrogen-bond acceptors (Lipinski definition) is 2. The minimum atomic E-state index is 0.242. The van der Waals surface area contributed by atoms with Crippen LogP contribution in [-0.2, 0) is 0 Å². The smallest absolute Gasteiger partial charge is 0.122 e. The minimum absolute atomic E-state index is 0.242. The summed E-state index contributed by atoms with van der Waals surface area (Å²) >= 11 is 0. The second-order valence-electron chi connectivity index (χ2n) is 4.38. The predicted octanol–water partition coefficient (Wildman–Crippen LogP) is 2.51. The lowest BCUT2D eigenvalue weighted by atomic mass is 10.2. The van der Waals surface area contributed by atoms with Gasteiger partial charge in [0.2, 0.25) is 0 Å². The highest BCUT2D eigenvalue weighted by atomic mass is 16.5. The van der Waals surface area contributed by atoms with Crippen LogP contribution in [0.15, 0.2) is 24.3 Å². The summed E-state index contributed by atoms with van der Waals surface area (Å²) in [6.45, 7) is 5.14. The number of ether oxygens (including phenoxy) is 1. The summed E-state index contributed by atoms with van der Waals surface area (Å²) in [5.74, 6) is 1.00. The SMILES string of the molecule is Cc1ccccc1OC(C)CNC1CC1. The fraction of sp³-hybridized carbons (Fsp3) is 0.538. The average molecular weight is 205 g/mol. The third kappa shape index (κ3) is 3.24. The molecule has 2 nitrogen and oxygen atoms in total. The maximum Gasteiger partial charge on any atom is 0.122 e. The van der Waals surface area contributed by atoms with E-state index in [0.29, 0.717) is 0 Å². The van der Waals surface area contributed by atoms with Gasteiger partial charge in [-0.05, 0) is 38.3 Å². The first kappa shape index (κ1) is 10.5. The molecule has 2 heteroatoms. The van der Waals surface area contributed by atoms with Crippen molar-refractivity contribution in [2.75, 3.05) is 6.54 Å². The van der Waals surface area contributed by atoms with Gasteiger partial charge in [0.1, 0.15) is 11.9 Å². The summed E-state index contributed by atoms with van der Waals surface area (Å²) in [6, 6.07) is 8.92. The van der Waals surface area contributed by atoms with Gasteiger partial charge in [-0.15, -0.1) is 0 Å². The van der Waals surface area contributed by atoms with Gasteiger partial charge in [0.25, 0.3) is 0 Å². The van der Waals surface area contributed by atoms with Gasteiger partial charge in [0.15, 0.2) is 0 Å². The molecule has 1 aromatic rings. The first-order chi connectivity index (χ1) is 7.25. The Hall–Kier alpha value is -1.02. The topological polar surface area (TPSA) is 21.3 Å². The first-order valence-corrected chi connectivity index (χ1v) is 5.71. The first-order valence-electron chi connectivity index (χ1n) is 5.71. The minimum Gasteiger partial charge on any atom is -0.489 e. The van der Waals surface area contributed by atoms with Crippen LogP contribution in [0, 0.1) is 6.92 Å². The summed E-state index contributed by atoms with van der Waals surface area (Å²) in [7, 11) is 0. The number of nitrogens with one attached hydrogen (secondary N) is 1. The molecule has 15 heavy (non-hydrogen) atoms. The standard InChI is InChI=1S/C13H19NO/c1-10-5-3-4-6-13(10)15-11(2)9-14-12-7-8-12/h3-6,11-12,14H,7-9H2,1-2H3. The van der Waals surface area contributed by atoms with E-state index in [1.165, 1.54) is 18.4 Å². The lowest BCUT2D eigenvalue weighted by Crippen LogP contribution is -2.30. The van der Waals surface area contributed by atoms with Gasteiger partial charge < -0.3 is 10.1 Å². The normalized spacial score (nSPS) is 17.5. The Morgan fingerprint density at radius 1 is 1.40 bits per heavy atom. The molecular weight excluding hydrogens is 186 g/mol. The Morgan fingerprint density at radius 3 is 2.80 bits per heavy atom. The molecule has 1 saturated carbocycles. The molecule has 0 saturated heterocycles. The molecule has 1 aromatic carbocycles. The molecule has 0 spiro atoms. The zero-order valence-electron chi connectivity index (χ0n) is 9.49. The molecule has 0 aromatic heterocycles. The van der Waals surface area contributed by atoms with Crippen molar-refractivity contribution < 1.29 is 4.74 Å². The van der Waals surface area contributed by atoms with Gasteiger partial charge in [0.05, 0.1) is 0 Å². The van der Waals surface area contributed by atoms with Crippen molar-refractivity contribution >= 4 is 0 Å². The Labute approximate surface area is 91.6 Å². The van der Waals surface area contributed by atoms with Crippen molar-refractivity contribution in [1.82, 2.24) is 5.32 Å². The van der Waals surface area contributed by atoms with Gasteiger partial charge in [-0.25, -0.2) is 0 Å². The van der Waals surface area contributed by atoms with E-state index in [4.69, 9.17) is 4.74 Å². The molecule has 0 heterocycles. The number of rotatable bonds is 5. The summed E-state index contributed by atoms with van der Waals surface area (Å²) in [5.41, 5.74) is 1.20. The number of benzene rings is 1. The van der Waals surface area contributed by atoms with Crippen molar-refractivity contribution in [3.63, 3.8) is 0 Å². The maximum absolute atomic E-state index is 5.86. The van der Waals surface area contributed by atoms with Gasteiger partial charge in [-0.2, -0.15) is 0 Å². The van der Waals surface area contributed by atoms with E-state index in [1.54, 1.807) is 0 Å². The molecule has 82 valence electrons. The van der Waals surface area contributed by atoms with Crippen molar-refractivity contribution in [1.29, 1.82) is 0 Å². The molecule has 1 fully saturated rings. The highest BCUT2D eigenvalue weighted by Crippen LogP contribution is 2.20. The van der Waals surface area contributed by atoms with Crippen molar-refractivity contribution in [3.05, 3.63) is 29.8 Å². The molecule has 1 unspecified atom stereocenters. The van der Waals surface area contributed by atoms with Crippen LogP contribution in [0.2, 0.25) is 0 Å². The lowest BCUT2D eigenvalue weighted by Gasteiger charge is -2.16. The van der Waals surface area contributed by atoms with E-state index in [2.05, 4.69) is 25.2 Å². The quantitative estimate of drug-likeness (QED) is 0.797. The summed E-state index contributed by atoms with van der Waals surface area (Å²) in [5, 5.41) is 3.47. The van der Waals surface area contributed by atoms with Gasteiger partial charge >= 0.3 is 0 Å². The van der Waals surface area contributed by atoms with Gasteiger partial charge in [-0.3, -0.25) is 0 Å². The second kappa shape index (κ2) is 4.67. The summed E-state index contributed by atoms with van der Waals surface area (Å²) in [6.07, 6.45) is 2.90. The van der Waals surface area contributed by atoms with Crippen molar-refractivity contribution in [2.24, 2.45) is 0 Å². The molecule has 1 atom stereocenters. The van der Waals surface area contributed by atoms with E-state index >= 15 is 0 Å². The third-order valence-electron chi connectivity index (χ3n) is 2.69. The monoisotopic (exact) mass is 205 g/mol. The number of aryl methyl sites for hydroxylation is 1. The Balaban J connectivity index is 1.81. The highest BCUT2D eigenvalue weighted by molar-refractivity contribution is 5.31. The molecule has 0 aliphatic heterocycles. The molecular formula is C13H19NO. The molecule has 1 aliphatic carbocycles. The van der Waals surface area contributed by atoms with E-state index in [-0.39, 0.29) is 6.10 Å². The molecule has 0 bridgehead atoms. The zero-order chi connectivity index (χ0) is 10.7. The van der Waals surface area contributed by atoms with Gasteiger partial charge in [0, 0.05) is 12.6 Å². The van der Waals surface area contributed by atoms with Crippen LogP contribution >= 0.6 is 0 Å². The Bertz CT molecular complexity index is 320. The third-order valence-corrected chi connectivity index (χ3v) is 2.69. The largest absolute Gasteiger partial charge is 0.489 e. The van der Waals surface area contributed by atoms with Crippen molar-refractivity contribution in [2.45, 2.75) is 38.8 Å². The predicted molar refractivity (Wildman–Crippen MR) is 62.3 cm³/mol. The van der Waals surface area contributed by atoms with Crippen LogP contribution in [0.1, 0.15) is 25.3 Å². The summed E-state index contributed by atoms with van der Waals surface area (Å²) < 4.78 is 5.86. The second-order valence-corrected chi connectivity index (χ2v) is 4.38. The molecule has 2 rings (SSSR count). The molecule has 0 amide bonds. The Kier molecular flexibility index (Phi) is 3.27. The van der Waals surface area contributed by atoms with E-state index < -0.39 is 0 Å². The summed E-state index contributed by atoms with van der Waals surface area (Å²) in [4.78, 5) is 0. The number of para-hydroxylation sites is 1. The molecule has 0 radical (unpaired) electrons. The molecule has 1 N–H and O–H groups in total. The van der Waals surface area contributed by atoms with E-state index in [0.717, 1.165) is 18.3 Å². The van der Waals surface area contributed by atoms with Crippen LogP contribution in [0.25, 0.3) is 0 Å². The zero-order valence-corrected chi connectivity index (χ0v) is 9.49.